The second kappa shape index (κ2) is 8.32. The molecule has 2 saturated heterocycles. The smallest absolute Gasteiger partial charge is 0.118 e. The average molecular weight is 332 g/mol. The third-order valence-electron chi connectivity index (χ3n) is 5.80. The van der Waals surface area contributed by atoms with Gasteiger partial charge in [-0.2, -0.15) is 0 Å². The Morgan fingerprint density at radius 1 is 1.12 bits per heavy atom. The Bertz CT molecular complexity index is 491. The van der Waals surface area contributed by atoms with Gasteiger partial charge in [-0.15, -0.1) is 0 Å². The molecule has 4 heteroatoms. The molecule has 2 aliphatic rings. The quantitative estimate of drug-likeness (QED) is 0.866. The van der Waals surface area contributed by atoms with Crippen molar-refractivity contribution in [1.82, 2.24) is 10.2 Å². The molecule has 0 radical (unpaired) electrons. The Balaban J connectivity index is 1.63. The molecule has 4 nitrogen and oxygen atoms in total. The Labute approximate surface area is 146 Å². The number of ether oxygens (including phenoxy) is 2. The number of hydrogen-bond acceptors (Lipinski definition) is 4. The van der Waals surface area contributed by atoms with Crippen molar-refractivity contribution in [3.8, 4) is 5.75 Å². The van der Waals surface area contributed by atoms with Crippen LogP contribution in [0.5, 0.6) is 5.75 Å². The number of nitrogens with zero attached hydrogens (tertiary/aromatic N) is 1. The first kappa shape index (κ1) is 17.7. The van der Waals surface area contributed by atoms with E-state index in [0.717, 1.165) is 38.3 Å². The van der Waals surface area contributed by atoms with Crippen LogP contribution >= 0.6 is 0 Å². The van der Waals surface area contributed by atoms with E-state index >= 15 is 0 Å². The fraction of sp³-hybridized carbons (Fsp3) is 0.700. The summed E-state index contributed by atoms with van der Waals surface area (Å²) in [6, 6.07) is 8.76. The lowest BCUT2D eigenvalue weighted by molar-refractivity contribution is -0.0366. The molecule has 0 amide bonds. The summed E-state index contributed by atoms with van der Waals surface area (Å²) in [6.07, 6.45) is 6.37. The number of methoxy groups -OCH3 is 1. The Kier molecular flexibility index (Phi) is 6.14. The van der Waals surface area contributed by atoms with E-state index in [0.29, 0.717) is 6.04 Å². The SMILES string of the molecule is COc1ccc([C@H](C)NCC2(N3CCCCC3)CCOCC2)cc1. The molecule has 0 saturated carbocycles. The molecule has 1 aromatic carbocycles. The maximum atomic E-state index is 5.66. The standard InChI is InChI=1S/C20H32N2O2/c1-17(18-6-8-19(23-2)9-7-18)21-16-20(10-14-24-15-11-20)22-12-4-3-5-13-22/h6-9,17,21H,3-5,10-16H2,1-2H3/t17-/m0/s1. The van der Waals surface area contributed by atoms with Crippen molar-refractivity contribution < 1.29 is 9.47 Å². The lowest BCUT2D eigenvalue weighted by Gasteiger charge is -2.48. The molecular formula is C20H32N2O2. The van der Waals surface area contributed by atoms with E-state index in [9.17, 15) is 0 Å². The molecule has 1 N–H and O–H groups in total. The minimum absolute atomic E-state index is 0.277. The van der Waals surface area contributed by atoms with Crippen LogP contribution in [-0.2, 0) is 4.74 Å². The molecule has 2 aliphatic heterocycles. The van der Waals surface area contributed by atoms with Gasteiger partial charge in [0.2, 0.25) is 0 Å². The first-order chi connectivity index (χ1) is 11.7. The van der Waals surface area contributed by atoms with E-state index in [-0.39, 0.29) is 5.54 Å². The highest BCUT2D eigenvalue weighted by Gasteiger charge is 2.38. The molecule has 0 aliphatic carbocycles. The number of likely N-dealkylation sites (tertiary alicyclic amines) is 1. The van der Waals surface area contributed by atoms with E-state index < -0.39 is 0 Å². The second-order valence-electron chi connectivity index (χ2n) is 7.26. The number of piperidine rings is 1. The van der Waals surface area contributed by atoms with Gasteiger partial charge in [-0.05, 0) is 63.4 Å². The fourth-order valence-electron chi connectivity index (χ4n) is 4.08. The van der Waals surface area contributed by atoms with Gasteiger partial charge in [0, 0.05) is 31.3 Å². The first-order valence-electron chi connectivity index (χ1n) is 9.44. The van der Waals surface area contributed by atoms with Gasteiger partial charge in [-0.3, -0.25) is 4.90 Å². The van der Waals surface area contributed by atoms with E-state index in [1.165, 1.54) is 37.9 Å². The van der Waals surface area contributed by atoms with Gasteiger partial charge in [0.15, 0.2) is 0 Å². The molecule has 2 fully saturated rings. The van der Waals surface area contributed by atoms with E-state index in [4.69, 9.17) is 9.47 Å². The van der Waals surface area contributed by atoms with Gasteiger partial charge in [0.05, 0.1) is 7.11 Å². The zero-order valence-electron chi connectivity index (χ0n) is 15.2. The van der Waals surface area contributed by atoms with Crippen molar-refractivity contribution >= 4 is 0 Å². The van der Waals surface area contributed by atoms with Crippen LogP contribution in [0.1, 0.15) is 50.6 Å². The zero-order chi connectivity index (χ0) is 16.8. The number of hydrogen-bond donors (Lipinski definition) is 1. The van der Waals surface area contributed by atoms with Crippen LogP contribution in [0.2, 0.25) is 0 Å². The van der Waals surface area contributed by atoms with Crippen LogP contribution in [0.4, 0.5) is 0 Å². The number of rotatable bonds is 6. The van der Waals surface area contributed by atoms with Crippen LogP contribution < -0.4 is 10.1 Å². The summed E-state index contributed by atoms with van der Waals surface area (Å²) < 4.78 is 10.9. The maximum Gasteiger partial charge on any atom is 0.118 e. The number of benzene rings is 1. The molecule has 0 spiro atoms. The van der Waals surface area contributed by atoms with Crippen LogP contribution in [0.3, 0.4) is 0 Å². The fourth-order valence-corrected chi connectivity index (χ4v) is 4.08. The van der Waals surface area contributed by atoms with E-state index in [1.807, 2.05) is 12.1 Å². The minimum Gasteiger partial charge on any atom is -0.497 e. The highest BCUT2D eigenvalue weighted by Crippen LogP contribution is 2.31. The van der Waals surface area contributed by atoms with Crippen molar-refractivity contribution in [2.24, 2.45) is 0 Å². The predicted octanol–water partition coefficient (Wildman–Crippen LogP) is 3.38. The van der Waals surface area contributed by atoms with Gasteiger partial charge in [0.25, 0.3) is 0 Å². The highest BCUT2D eigenvalue weighted by molar-refractivity contribution is 5.28. The zero-order valence-corrected chi connectivity index (χ0v) is 15.2. The summed E-state index contributed by atoms with van der Waals surface area (Å²) >= 11 is 0. The van der Waals surface area contributed by atoms with Crippen molar-refractivity contribution in [2.45, 2.75) is 50.6 Å². The van der Waals surface area contributed by atoms with Crippen molar-refractivity contribution in [2.75, 3.05) is 40.0 Å². The third kappa shape index (κ3) is 4.11. The summed E-state index contributed by atoms with van der Waals surface area (Å²) in [5.74, 6) is 0.917. The highest BCUT2D eigenvalue weighted by atomic mass is 16.5. The lowest BCUT2D eigenvalue weighted by atomic mass is 9.85. The summed E-state index contributed by atoms with van der Waals surface area (Å²) in [4.78, 5) is 2.74. The topological polar surface area (TPSA) is 33.7 Å². The van der Waals surface area contributed by atoms with Gasteiger partial charge in [-0.1, -0.05) is 18.6 Å². The molecule has 2 heterocycles. The monoisotopic (exact) mass is 332 g/mol. The maximum absolute atomic E-state index is 5.66. The molecular weight excluding hydrogens is 300 g/mol. The van der Waals surface area contributed by atoms with Gasteiger partial charge < -0.3 is 14.8 Å². The molecule has 1 atom stereocenters. The largest absolute Gasteiger partial charge is 0.497 e. The van der Waals surface area contributed by atoms with Crippen LogP contribution in [-0.4, -0.2) is 50.4 Å². The average Bonchev–Trinajstić information content (AvgIpc) is 2.67. The van der Waals surface area contributed by atoms with Gasteiger partial charge >= 0.3 is 0 Å². The Morgan fingerprint density at radius 2 is 1.79 bits per heavy atom. The second-order valence-corrected chi connectivity index (χ2v) is 7.26. The molecule has 1 aromatic rings. The van der Waals surface area contributed by atoms with Gasteiger partial charge in [0.1, 0.15) is 5.75 Å². The summed E-state index contributed by atoms with van der Waals surface area (Å²) in [6.45, 7) is 7.59. The van der Waals surface area contributed by atoms with Gasteiger partial charge in [-0.25, -0.2) is 0 Å². The predicted molar refractivity (Wildman–Crippen MR) is 97.6 cm³/mol. The van der Waals surface area contributed by atoms with E-state index in [2.05, 4.69) is 29.3 Å². The Morgan fingerprint density at radius 3 is 2.42 bits per heavy atom. The molecule has 3 rings (SSSR count). The van der Waals surface area contributed by atoms with Crippen LogP contribution in [0.25, 0.3) is 0 Å². The summed E-state index contributed by atoms with van der Waals surface area (Å²) in [5, 5.41) is 3.81. The van der Waals surface area contributed by atoms with Crippen molar-refractivity contribution in [3.05, 3.63) is 29.8 Å². The molecule has 0 aromatic heterocycles. The van der Waals surface area contributed by atoms with Crippen molar-refractivity contribution in [1.29, 1.82) is 0 Å². The minimum atomic E-state index is 0.277. The normalized spacial score (nSPS) is 22.9. The molecule has 0 bridgehead atoms. The summed E-state index contributed by atoms with van der Waals surface area (Å²) in [5.41, 5.74) is 1.59. The third-order valence-corrected chi connectivity index (χ3v) is 5.80. The molecule has 134 valence electrons. The lowest BCUT2D eigenvalue weighted by Crippen LogP contribution is -2.59. The summed E-state index contributed by atoms with van der Waals surface area (Å²) in [7, 11) is 1.71. The van der Waals surface area contributed by atoms with Crippen LogP contribution in [0.15, 0.2) is 24.3 Å². The van der Waals surface area contributed by atoms with E-state index in [1.54, 1.807) is 7.11 Å². The first-order valence-corrected chi connectivity index (χ1v) is 9.44. The van der Waals surface area contributed by atoms with Crippen molar-refractivity contribution in [3.63, 3.8) is 0 Å². The molecule has 0 unspecified atom stereocenters. The number of nitrogens with one attached hydrogen (secondary N) is 1. The molecule has 24 heavy (non-hydrogen) atoms. The Hall–Kier alpha value is -1.10. The van der Waals surface area contributed by atoms with Crippen LogP contribution in [0, 0.1) is 0 Å².